The second kappa shape index (κ2) is 7.98. The van der Waals surface area contributed by atoms with E-state index in [4.69, 9.17) is 4.42 Å². The predicted octanol–water partition coefficient (Wildman–Crippen LogP) is 1.46. The van der Waals surface area contributed by atoms with Gasteiger partial charge >= 0.3 is 0 Å². The first kappa shape index (κ1) is 18.6. The van der Waals surface area contributed by atoms with Crippen LogP contribution >= 0.6 is 0 Å². The van der Waals surface area contributed by atoms with E-state index in [0.29, 0.717) is 6.07 Å². The maximum Gasteiger partial charge on any atom is 0.287 e. The lowest BCUT2D eigenvalue weighted by Crippen LogP contribution is -2.38. The van der Waals surface area contributed by atoms with Crippen LogP contribution in [-0.4, -0.2) is 37.4 Å². The molecule has 3 rings (SSSR count). The van der Waals surface area contributed by atoms with Crippen LogP contribution in [0.3, 0.4) is 0 Å². The van der Waals surface area contributed by atoms with Crippen molar-refractivity contribution in [2.24, 2.45) is 5.92 Å². The zero-order chi connectivity index (χ0) is 19.4. The van der Waals surface area contributed by atoms with Gasteiger partial charge in [-0.1, -0.05) is 0 Å². The van der Waals surface area contributed by atoms with Crippen LogP contribution in [0.5, 0.6) is 0 Å². The van der Waals surface area contributed by atoms with Crippen LogP contribution in [0.25, 0.3) is 0 Å². The molecule has 2 N–H and O–H groups in total. The van der Waals surface area contributed by atoms with E-state index in [-0.39, 0.29) is 43.4 Å². The minimum absolute atomic E-state index is 0.00593. The van der Waals surface area contributed by atoms with E-state index < -0.39 is 29.4 Å². The van der Waals surface area contributed by atoms with Crippen molar-refractivity contribution < 1.29 is 27.6 Å². The molecule has 0 aliphatic carbocycles. The van der Waals surface area contributed by atoms with Crippen molar-refractivity contribution in [3.05, 3.63) is 54.0 Å². The van der Waals surface area contributed by atoms with E-state index in [1.807, 2.05) is 0 Å². The third-order valence-electron chi connectivity index (χ3n) is 4.15. The van der Waals surface area contributed by atoms with Crippen LogP contribution in [0.2, 0.25) is 0 Å². The summed E-state index contributed by atoms with van der Waals surface area (Å²) in [6, 6.07) is 6.02. The molecule has 0 bridgehead atoms. The molecule has 7 nitrogen and oxygen atoms in total. The van der Waals surface area contributed by atoms with Gasteiger partial charge in [0.2, 0.25) is 11.8 Å². The zero-order valence-corrected chi connectivity index (χ0v) is 14.2. The highest BCUT2D eigenvalue weighted by Gasteiger charge is 2.36. The van der Waals surface area contributed by atoms with Gasteiger partial charge in [-0.15, -0.1) is 0 Å². The first-order valence-corrected chi connectivity index (χ1v) is 8.30. The average molecular weight is 377 g/mol. The summed E-state index contributed by atoms with van der Waals surface area (Å²) >= 11 is 0. The van der Waals surface area contributed by atoms with Gasteiger partial charge in [0, 0.05) is 32.1 Å². The molecule has 1 aliphatic heterocycles. The van der Waals surface area contributed by atoms with Crippen molar-refractivity contribution in [2.75, 3.05) is 24.5 Å². The van der Waals surface area contributed by atoms with Gasteiger partial charge in [0.25, 0.3) is 5.91 Å². The van der Waals surface area contributed by atoms with Gasteiger partial charge in [-0.05, 0) is 24.3 Å². The zero-order valence-electron chi connectivity index (χ0n) is 14.2. The van der Waals surface area contributed by atoms with Gasteiger partial charge in [0.05, 0.1) is 17.9 Å². The van der Waals surface area contributed by atoms with Gasteiger partial charge in [0.15, 0.2) is 5.76 Å². The quantitative estimate of drug-likeness (QED) is 0.746. The van der Waals surface area contributed by atoms with Crippen LogP contribution < -0.4 is 15.5 Å². The van der Waals surface area contributed by atoms with Gasteiger partial charge in [-0.3, -0.25) is 14.4 Å². The summed E-state index contributed by atoms with van der Waals surface area (Å²) in [4.78, 5) is 37.1. The Morgan fingerprint density at radius 2 is 1.96 bits per heavy atom. The van der Waals surface area contributed by atoms with E-state index in [0.717, 1.165) is 11.0 Å². The second-order valence-corrected chi connectivity index (χ2v) is 6.03. The van der Waals surface area contributed by atoms with Gasteiger partial charge in [0.1, 0.15) is 11.6 Å². The Balaban J connectivity index is 1.48. The molecule has 1 atom stereocenters. The van der Waals surface area contributed by atoms with Crippen molar-refractivity contribution in [1.82, 2.24) is 10.6 Å². The largest absolute Gasteiger partial charge is 0.459 e. The monoisotopic (exact) mass is 377 g/mol. The highest BCUT2D eigenvalue weighted by Crippen LogP contribution is 2.27. The molecule has 1 aliphatic rings. The van der Waals surface area contributed by atoms with Crippen molar-refractivity contribution in [3.63, 3.8) is 0 Å². The number of benzene rings is 1. The number of hydrogen-bond acceptors (Lipinski definition) is 4. The normalized spacial score (nSPS) is 16.4. The molecule has 2 heterocycles. The predicted molar refractivity (Wildman–Crippen MR) is 90.9 cm³/mol. The molecule has 142 valence electrons. The van der Waals surface area contributed by atoms with Crippen LogP contribution in [0.4, 0.5) is 14.5 Å². The Morgan fingerprint density at radius 1 is 1.19 bits per heavy atom. The molecule has 3 amide bonds. The number of furan rings is 1. The summed E-state index contributed by atoms with van der Waals surface area (Å²) in [5.74, 6) is -3.27. The lowest BCUT2D eigenvalue weighted by atomic mass is 10.1. The standard InChI is InChI=1S/C18H17F2N3O4/c19-12-3-4-14(13(20)9-12)23-10-11(8-16(23)24)17(25)21-5-6-22-18(26)15-2-1-7-27-15/h1-4,7,9,11H,5-6,8,10H2,(H,21,25)(H,22,26). The number of carbonyl (C=O) groups is 3. The molecule has 1 saturated heterocycles. The Bertz CT molecular complexity index is 854. The third kappa shape index (κ3) is 4.30. The molecule has 1 aromatic carbocycles. The number of amides is 3. The number of anilines is 1. The summed E-state index contributed by atoms with van der Waals surface area (Å²) in [5, 5.41) is 5.20. The molecule has 0 radical (unpaired) electrons. The first-order chi connectivity index (χ1) is 13.0. The van der Waals surface area contributed by atoms with Crippen molar-refractivity contribution in [2.45, 2.75) is 6.42 Å². The topological polar surface area (TPSA) is 91.7 Å². The van der Waals surface area contributed by atoms with E-state index >= 15 is 0 Å². The van der Waals surface area contributed by atoms with Gasteiger partial charge in [-0.2, -0.15) is 0 Å². The Hall–Kier alpha value is -3.23. The average Bonchev–Trinajstić information content (AvgIpc) is 3.28. The molecule has 1 unspecified atom stereocenters. The molecular weight excluding hydrogens is 360 g/mol. The summed E-state index contributed by atoms with van der Waals surface area (Å²) in [6.45, 7) is 0.356. The van der Waals surface area contributed by atoms with E-state index in [1.54, 1.807) is 6.07 Å². The van der Waals surface area contributed by atoms with E-state index in [9.17, 15) is 23.2 Å². The van der Waals surface area contributed by atoms with Crippen molar-refractivity contribution in [3.8, 4) is 0 Å². The van der Waals surface area contributed by atoms with Crippen LogP contribution in [0.15, 0.2) is 41.0 Å². The Labute approximate surface area is 153 Å². The number of halogens is 2. The summed E-state index contributed by atoms with van der Waals surface area (Å²) < 4.78 is 31.8. The number of hydrogen-bond donors (Lipinski definition) is 2. The third-order valence-corrected chi connectivity index (χ3v) is 4.15. The molecular formula is C18H17F2N3O4. The maximum atomic E-state index is 13.9. The Morgan fingerprint density at radius 3 is 2.67 bits per heavy atom. The van der Waals surface area contributed by atoms with Crippen LogP contribution in [0, 0.1) is 17.6 Å². The van der Waals surface area contributed by atoms with Crippen LogP contribution in [-0.2, 0) is 9.59 Å². The minimum Gasteiger partial charge on any atom is -0.459 e. The summed E-state index contributed by atoms with van der Waals surface area (Å²) in [7, 11) is 0. The summed E-state index contributed by atoms with van der Waals surface area (Å²) in [6.07, 6.45) is 1.31. The number of rotatable bonds is 6. The molecule has 2 aromatic rings. The minimum atomic E-state index is -0.856. The van der Waals surface area contributed by atoms with Crippen molar-refractivity contribution >= 4 is 23.4 Å². The molecule has 1 fully saturated rings. The molecule has 1 aromatic heterocycles. The van der Waals surface area contributed by atoms with Gasteiger partial charge < -0.3 is 20.0 Å². The highest BCUT2D eigenvalue weighted by molar-refractivity contribution is 6.00. The van der Waals surface area contributed by atoms with Gasteiger partial charge in [-0.25, -0.2) is 8.78 Å². The summed E-state index contributed by atoms with van der Waals surface area (Å²) in [5.41, 5.74) is -0.0533. The van der Waals surface area contributed by atoms with E-state index in [2.05, 4.69) is 10.6 Å². The number of carbonyl (C=O) groups excluding carboxylic acids is 3. The maximum absolute atomic E-state index is 13.9. The fraction of sp³-hybridized carbons (Fsp3) is 0.278. The molecule has 27 heavy (non-hydrogen) atoms. The highest BCUT2D eigenvalue weighted by atomic mass is 19.1. The number of nitrogens with one attached hydrogen (secondary N) is 2. The molecule has 0 spiro atoms. The number of nitrogens with zero attached hydrogens (tertiary/aromatic N) is 1. The lowest BCUT2D eigenvalue weighted by molar-refractivity contribution is -0.126. The molecule has 9 heteroatoms. The smallest absolute Gasteiger partial charge is 0.287 e. The SMILES string of the molecule is O=C(NCCNC(=O)C1CC(=O)N(c2ccc(F)cc2F)C1)c1ccco1. The fourth-order valence-electron chi connectivity index (χ4n) is 2.82. The van der Waals surface area contributed by atoms with Crippen molar-refractivity contribution in [1.29, 1.82) is 0 Å². The first-order valence-electron chi connectivity index (χ1n) is 8.30. The second-order valence-electron chi connectivity index (χ2n) is 6.03. The van der Waals surface area contributed by atoms with Crippen LogP contribution in [0.1, 0.15) is 17.0 Å². The lowest BCUT2D eigenvalue weighted by Gasteiger charge is -2.17. The Kier molecular flexibility index (Phi) is 5.49. The molecule has 0 saturated carbocycles. The fourth-order valence-corrected chi connectivity index (χ4v) is 2.82. The van der Waals surface area contributed by atoms with E-state index in [1.165, 1.54) is 18.4 Å².